The predicted octanol–water partition coefficient (Wildman–Crippen LogP) is 11.0. The Morgan fingerprint density at radius 3 is 1.71 bits per heavy atom. The molecule has 41 heavy (non-hydrogen) atoms. The maximum atomic E-state index is 4.43. The van der Waals surface area contributed by atoms with Gasteiger partial charge in [-0.25, -0.2) is 0 Å². The first-order chi connectivity index (χ1) is 20.0. The number of nitrogens with zero attached hydrogens (tertiary/aromatic N) is 1. The minimum absolute atomic E-state index is 0.189. The van der Waals surface area contributed by atoms with Gasteiger partial charge in [0.05, 0.1) is 0 Å². The van der Waals surface area contributed by atoms with Gasteiger partial charge in [0, 0.05) is 22.5 Å². The lowest BCUT2D eigenvalue weighted by Gasteiger charge is -2.32. The number of benzene rings is 5. The summed E-state index contributed by atoms with van der Waals surface area (Å²) < 4.78 is 0. The largest absolute Gasteiger partial charge is 0.310 e. The second-order valence-corrected chi connectivity index (χ2v) is 11.1. The molecular formula is C40H35N. The third kappa shape index (κ3) is 5.44. The molecule has 0 fully saturated rings. The fourth-order valence-electron chi connectivity index (χ4n) is 5.60. The Balaban J connectivity index is 1.38. The molecule has 6 rings (SSSR count). The number of hydrogen-bond acceptors (Lipinski definition) is 1. The van der Waals surface area contributed by atoms with Crippen molar-refractivity contribution in [3.63, 3.8) is 0 Å². The molecule has 0 unspecified atom stereocenters. The normalized spacial score (nSPS) is 15.6. The highest BCUT2D eigenvalue weighted by atomic mass is 15.1. The zero-order chi connectivity index (χ0) is 28.2. The van der Waals surface area contributed by atoms with Crippen molar-refractivity contribution in [1.82, 2.24) is 0 Å². The maximum Gasteiger partial charge on any atom is 0.0464 e. The van der Waals surface area contributed by atoms with E-state index < -0.39 is 0 Å². The molecule has 0 saturated heterocycles. The van der Waals surface area contributed by atoms with Gasteiger partial charge in [-0.05, 0) is 81.8 Å². The lowest BCUT2D eigenvalue weighted by Crippen LogP contribution is -2.21. The fourth-order valence-corrected chi connectivity index (χ4v) is 5.60. The van der Waals surface area contributed by atoms with E-state index in [1.807, 2.05) is 0 Å². The molecular weight excluding hydrogens is 494 g/mol. The van der Waals surface area contributed by atoms with Crippen LogP contribution in [-0.4, -0.2) is 0 Å². The number of allylic oxidation sites excluding steroid dienone is 5. The topological polar surface area (TPSA) is 3.24 Å². The average Bonchev–Trinajstić information content (AvgIpc) is 3.07. The van der Waals surface area contributed by atoms with Crippen molar-refractivity contribution < 1.29 is 0 Å². The second kappa shape index (κ2) is 11.3. The number of para-hydroxylation sites is 1. The number of rotatable bonds is 5. The monoisotopic (exact) mass is 529 g/mol. The quantitative estimate of drug-likeness (QED) is 0.219. The standard InChI is InChI=1S/C40H35N/c1-30-13-7-4-10-16-35-25-28-38(29-39(35)40(30,2)3)41(36-17-11-6-12-18-36)37-26-23-34(24-27-37)33-21-19-32(20-22-33)31-14-8-5-9-15-31/h4-15,17-29H,1,16H2,2-3H3/b10-4-,13-7-. The van der Waals surface area contributed by atoms with E-state index >= 15 is 0 Å². The summed E-state index contributed by atoms with van der Waals surface area (Å²) in [6.45, 7) is 8.98. The van der Waals surface area contributed by atoms with E-state index in [9.17, 15) is 0 Å². The first-order valence-corrected chi connectivity index (χ1v) is 14.3. The van der Waals surface area contributed by atoms with Gasteiger partial charge in [-0.3, -0.25) is 0 Å². The van der Waals surface area contributed by atoms with E-state index in [-0.39, 0.29) is 5.41 Å². The molecule has 0 aliphatic heterocycles. The van der Waals surface area contributed by atoms with E-state index in [0.717, 1.165) is 29.1 Å². The van der Waals surface area contributed by atoms with E-state index in [2.05, 4.69) is 177 Å². The fraction of sp³-hybridized carbons (Fsp3) is 0.100. The second-order valence-electron chi connectivity index (χ2n) is 11.1. The van der Waals surface area contributed by atoms with Crippen LogP contribution in [0.3, 0.4) is 0 Å². The SMILES string of the molecule is C=C1/C=C\C=C/Cc2ccc(N(c3ccccc3)c3ccc(-c4ccc(-c5ccccc5)cc4)cc3)cc2C1(C)C. The molecule has 200 valence electrons. The highest BCUT2D eigenvalue weighted by molar-refractivity contribution is 5.79. The van der Waals surface area contributed by atoms with Crippen LogP contribution < -0.4 is 4.90 Å². The number of hydrogen-bond donors (Lipinski definition) is 0. The Morgan fingerprint density at radius 1 is 0.561 bits per heavy atom. The molecule has 0 aromatic heterocycles. The van der Waals surface area contributed by atoms with Crippen molar-refractivity contribution in [3.05, 3.63) is 175 Å². The molecule has 1 heteroatoms. The van der Waals surface area contributed by atoms with Crippen LogP contribution >= 0.6 is 0 Å². The first-order valence-electron chi connectivity index (χ1n) is 14.3. The van der Waals surface area contributed by atoms with Crippen LogP contribution in [0.4, 0.5) is 17.1 Å². The van der Waals surface area contributed by atoms with Crippen LogP contribution in [0.5, 0.6) is 0 Å². The van der Waals surface area contributed by atoms with Crippen molar-refractivity contribution in [2.24, 2.45) is 0 Å². The van der Waals surface area contributed by atoms with E-state index in [4.69, 9.17) is 0 Å². The summed E-state index contributed by atoms with van der Waals surface area (Å²) in [6.07, 6.45) is 9.49. The molecule has 0 bridgehead atoms. The third-order valence-corrected chi connectivity index (χ3v) is 8.18. The molecule has 5 aromatic carbocycles. The van der Waals surface area contributed by atoms with E-state index in [0.29, 0.717) is 0 Å². The zero-order valence-electron chi connectivity index (χ0n) is 23.8. The summed E-state index contributed by atoms with van der Waals surface area (Å²) in [5.41, 5.74) is 11.8. The van der Waals surface area contributed by atoms with Crippen LogP contribution in [0.15, 0.2) is 164 Å². The molecule has 1 aliphatic rings. The Labute approximate surface area is 244 Å². The van der Waals surface area contributed by atoms with Crippen LogP contribution in [0.1, 0.15) is 25.0 Å². The van der Waals surface area contributed by atoms with Gasteiger partial charge in [0.25, 0.3) is 0 Å². The summed E-state index contributed by atoms with van der Waals surface area (Å²) in [5, 5.41) is 0. The van der Waals surface area contributed by atoms with Gasteiger partial charge >= 0.3 is 0 Å². The third-order valence-electron chi connectivity index (χ3n) is 8.18. The van der Waals surface area contributed by atoms with Crippen molar-refractivity contribution >= 4 is 17.1 Å². The van der Waals surface area contributed by atoms with Gasteiger partial charge in [0.2, 0.25) is 0 Å². The van der Waals surface area contributed by atoms with Crippen molar-refractivity contribution in [2.45, 2.75) is 25.7 Å². The molecule has 5 aromatic rings. The maximum absolute atomic E-state index is 4.43. The minimum Gasteiger partial charge on any atom is -0.310 e. The Hall–Kier alpha value is -4.88. The highest BCUT2D eigenvalue weighted by Crippen LogP contribution is 2.41. The Morgan fingerprint density at radius 2 is 1.07 bits per heavy atom. The van der Waals surface area contributed by atoms with Gasteiger partial charge < -0.3 is 4.90 Å². The van der Waals surface area contributed by atoms with Gasteiger partial charge in [-0.1, -0.05) is 136 Å². The molecule has 0 amide bonds. The first kappa shape index (κ1) is 26.3. The molecule has 0 atom stereocenters. The minimum atomic E-state index is -0.189. The summed E-state index contributed by atoms with van der Waals surface area (Å²) in [7, 11) is 0. The Kier molecular flexibility index (Phi) is 7.27. The molecule has 0 spiro atoms. The van der Waals surface area contributed by atoms with Gasteiger partial charge in [0.15, 0.2) is 0 Å². The summed E-state index contributed by atoms with van der Waals surface area (Å²) in [4.78, 5) is 2.35. The molecule has 0 saturated carbocycles. The zero-order valence-corrected chi connectivity index (χ0v) is 23.8. The molecule has 0 heterocycles. The average molecular weight is 530 g/mol. The predicted molar refractivity (Wildman–Crippen MR) is 176 cm³/mol. The number of anilines is 3. The van der Waals surface area contributed by atoms with Crippen LogP contribution in [0.25, 0.3) is 22.3 Å². The highest BCUT2D eigenvalue weighted by Gasteiger charge is 2.27. The summed E-state index contributed by atoms with van der Waals surface area (Å²) >= 11 is 0. The molecule has 0 radical (unpaired) electrons. The Bertz CT molecular complexity index is 1700. The van der Waals surface area contributed by atoms with Crippen molar-refractivity contribution in [1.29, 1.82) is 0 Å². The van der Waals surface area contributed by atoms with E-state index in [1.54, 1.807) is 0 Å². The van der Waals surface area contributed by atoms with Crippen molar-refractivity contribution in [3.8, 4) is 22.3 Å². The van der Waals surface area contributed by atoms with Gasteiger partial charge in [0.1, 0.15) is 0 Å². The van der Waals surface area contributed by atoms with Crippen LogP contribution in [0.2, 0.25) is 0 Å². The van der Waals surface area contributed by atoms with Gasteiger partial charge in [-0.2, -0.15) is 0 Å². The summed E-state index contributed by atoms with van der Waals surface area (Å²) in [6, 6.07) is 45.8. The van der Waals surface area contributed by atoms with Crippen LogP contribution in [0, 0.1) is 0 Å². The molecule has 1 aliphatic carbocycles. The lowest BCUT2D eigenvalue weighted by atomic mass is 9.75. The lowest BCUT2D eigenvalue weighted by molar-refractivity contribution is 0.635. The number of fused-ring (bicyclic) bond motifs is 1. The van der Waals surface area contributed by atoms with Crippen LogP contribution in [-0.2, 0) is 11.8 Å². The molecule has 1 nitrogen and oxygen atoms in total. The summed E-state index contributed by atoms with van der Waals surface area (Å²) in [5.74, 6) is 0. The van der Waals surface area contributed by atoms with Gasteiger partial charge in [-0.15, -0.1) is 0 Å². The van der Waals surface area contributed by atoms with Crippen molar-refractivity contribution in [2.75, 3.05) is 4.90 Å². The van der Waals surface area contributed by atoms with E-state index in [1.165, 1.54) is 33.4 Å². The smallest absolute Gasteiger partial charge is 0.0464 e. The molecule has 0 N–H and O–H groups in total.